The Bertz CT molecular complexity index is 718. The topological polar surface area (TPSA) is 44.1 Å². The molecular weight excluding hydrogens is 272 g/mol. The van der Waals surface area contributed by atoms with Crippen molar-refractivity contribution in [1.82, 2.24) is 4.90 Å². The number of likely N-dealkylation sites (tertiary alicyclic amines) is 1. The minimum Gasteiger partial charge on any atom is -0.335 e. The van der Waals surface area contributed by atoms with E-state index in [0.29, 0.717) is 17.0 Å². The molecule has 110 valence electrons. The summed E-state index contributed by atoms with van der Waals surface area (Å²) in [7, 11) is 0. The average molecular weight is 290 g/mol. The van der Waals surface area contributed by atoms with Gasteiger partial charge in [-0.15, -0.1) is 0 Å². The Morgan fingerprint density at radius 2 is 1.95 bits per heavy atom. The van der Waals surface area contributed by atoms with E-state index in [-0.39, 0.29) is 11.9 Å². The predicted octanol–water partition coefficient (Wildman–Crippen LogP) is 3.58. The van der Waals surface area contributed by atoms with Gasteiger partial charge in [0.2, 0.25) is 0 Å². The van der Waals surface area contributed by atoms with E-state index in [1.54, 1.807) is 24.3 Å². The van der Waals surface area contributed by atoms with Crippen LogP contribution in [0.25, 0.3) is 0 Å². The van der Waals surface area contributed by atoms with Gasteiger partial charge in [-0.2, -0.15) is 5.26 Å². The molecule has 0 saturated carbocycles. The molecule has 0 radical (unpaired) electrons. The SMILES string of the molecule is CC1C(c2ccccc2)CCN1C(=O)c1cccc(C#N)c1. The molecule has 22 heavy (non-hydrogen) atoms. The number of carbonyl (C=O) groups is 1. The normalized spacial score (nSPS) is 20.6. The van der Waals surface area contributed by atoms with E-state index >= 15 is 0 Å². The predicted molar refractivity (Wildman–Crippen MR) is 85.5 cm³/mol. The van der Waals surface area contributed by atoms with Crippen molar-refractivity contribution < 1.29 is 4.79 Å². The van der Waals surface area contributed by atoms with Crippen molar-refractivity contribution in [2.24, 2.45) is 0 Å². The summed E-state index contributed by atoms with van der Waals surface area (Å²) >= 11 is 0. The highest BCUT2D eigenvalue weighted by molar-refractivity contribution is 5.95. The fourth-order valence-electron chi connectivity index (χ4n) is 3.26. The second kappa shape index (κ2) is 6.03. The van der Waals surface area contributed by atoms with Gasteiger partial charge in [0.05, 0.1) is 11.6 Å². The van der Waals surface area contributed by atoms with E-state index in [1.807, 2.05) is 23.1 Å². The number of rotatable bonds is 2. The van der Waals surface area contributed by atoms with Crippen LogP contribution >= 0.6 is 0 Å². The summed E-state index contributed by atoms with van der Waals surface area (Å²) < 4.78 is 0. The van der Waals surface area contributed by atoms with E-state index in [9.17, 15) is 4.79 Å². The first-order valence-electron chi connectivity index (χ1n) is 7.57. The summed E-state index contributed by atoms with van der Waals surface area (Å²) in [5.41, 5.74) is 2.41. The molecular formula is C19H18N2O. The number of carbonyl (C=O) groups excluding carboxylic acids is 1. The van der Waals surface area contributed by atoms with Crippen molar-refractivity contribution in [2.45, 2.75) is 25.3 Å². The summed E-state index contributed by atoms with van der Waals surface area (Å²) in [6, 6.07) is 19.6. The maximum absolute atomic E-state index is 12.7. The van der Waals surface area contributed by atoms with Crippen LogP contribution in [-0.2, 0) is 0 Å². The summed E-state index contributed by atoms with van der Waals surface area (Å²) in [6.45, 7) is 2.87. The summed E-state index contributed by atoms with van der Waals surface area (Å²) in [5, 5.41) is 8.98. The standard InChI is InChI=1S/C19H18N2O/c1-14-18(16-7-3-2-4-8-16)10-11-21(14)19(22)17-9-5-6-15(12-17)13-20/h2-9,12,14,18H,10-11H2,1H3. The van der Waals surface area contributed by atoms with Gasteiger partial charge in [-0.1, -0.05) is 36.4 Å². The Morgan fingerprint density at radius 3 is 2.68 bits per heavy atom. The molecule has 2 aromatic rings. The number of amides is 1. The largest absolute Gasteiger partial charge is 0.335 e. The van der Waals surface area contributed by atoms with Gasteiger partial charge in [-0.25, -0.2) is 0 Å². The second-order valence-electron chi connectivity index (χ2n) is 5.74. The first-order chi connectivity index (χ1) is 10.7. The number of hydrogen-bond donors (Lipinski definition) is 0. The molecule has 3 nitrogen and oxygen atoms in total. The van der Waals surface area contributed by atoms with Crippen LogP contribution in [0.2, 0.25) is 0 Å². The molecule has 0 bridgehead atoms. The van der Waals surface area contributed by atoms with Gasteiger partial charge in [0, 0.05) is 24.1 Å². The number of benzene rings is 2. The summed E-state index contributed by atoms with van der Waals surface area (Å²) in [5.74, 6) is 0.396. The zero-order chi connectivity index (χ0) is 15.5. The van der Waals surface area contributed by atoms with Crippen molar-refractivity contribution in [3.8, 4) is 6.07 Å². The van der Waals surface area contributed by atoms with Crippen molar-refractivity contribution in [3.63, 3.8) is 0 Å². The lowest BCUT2D eigenvalue weighted by Crippen LogP contribution is -2.35. The molecule has 0 aromatic heterocycles. The van der Waals surface area contributed by atoms with E-state index in [1.165, 1.54) is 5.56 Å². The smallest absolute Gasteiger partial charge is 0.254 e. The van der Waals surface area contributed by atoms with Crippen molar-refractivity contribution in [1.29, 1.82) is 5.26 Å². The summed E-state index contributed by atoms with van der Waals surface area (Å²) in [4.78, 5) is 14.6. The fraction of sp³-hybridized carbons (Fsp3) is 0.263. The van der Waals surface area contributed by atoms with E-state index in [0.717, 1.165) is 13.0 Å². The van der Waals surface area contributed by atoms with Gasteiger partial charge in [0.25, 0.3) is 5.91 Å². The zero-order valence-corrected chi connectivity index (χ0v) is 12.6. The molecule has 0 spiro atoms. The maximum atomic E-state index is 12.7. The zero-order valence-electron chi connectivity index (χ0n) is 12.6. The second-order valence-corrected chi connectivity index (χ2v) is 5.74. The summed E-state index contributed by atoms with van der Waals surface area (Å²) in [6.07, 6.45) is 0.981. The molecule has 1 saturated heterocycles. The lowest BCUT2D eigenvalue weighted by molar-refractivity contribution is 0.0742. The number of hydrogen-bond acceptors (Lipinski definition) is 2. The molecule has 3 rings (SSSR count). The van der Waals surface area contributed by atoms with Crippen molar-refractivity contribution >= 4 is 5.91 Å². The molecule has 3 heteroatoms. The first kappa shape index (κ1) is 14.3. The molecule has 2 atom stereocenters. The number of nitrogens with zero attached hydrogens (tertiary/aromatic N) is 2. The molecule has 1 fully saturated rings. The molecule has 1 amide bonds. The van der Waals surface area contributed by atoms with Gasteiger partial charge in [0.15, 0.2) is 0 Å². The highest BCUT2D eigenvalue weighted by atomic mass is 16.2. The first-order valence-corrected chi connectivity index (χ1v) is 7.57. The van der Waals surface area contributed by atoms with E-state index in [2.05, 4.69) is 25.1 Å². The molecule has 1 heterocycles. The van der Waals surface area contributed by atoms with Crippen LogP contribution in [-0.4, -0.2) is 23.4 Å². The third kappa shape index (κ3) is 2.60. The monoisotopic (exact) mass is 290 g/mol. The maximum Gasteiger partial charge on any atom is 0.254 e. The van der Waals surface area contributed by atoms with Gasteiger partial charge in [-0.05, 0) is 37.1 Å². The Labute approximate surface area is 130 Å². The van der Waals surface area contributed by atoms with Crippen molar-refractivity contribution in [3.05, 3.63) is 71.3 Å². The Kier molecular flexibility index (Phi) is 3.93. The van der Waals surface area contributed by atoms with Gasteiger partial charge in [-0.3, -0.25) is 4.79 Å². The number of nitriles is 1. The molecule has 1 aliphatic rings. The highest BCUT2D eigenvalue weighted by Crippen LogP contribution is 2.34. The molecule has 0 aliphatic carbocycles. The molecule has 2 unspecified atom stereocenters. The molecule has 1 aliphatic heterocycles. The minimum atomic E-state index is 0.0167. The third-order valence-corrected chi connectivity index (χ3v) is 4.48. The third-order valence-electron chi connectivity index (χ3n) is 4.48. The Hall–Kier alpha value is -2.60. The van der Waals surface area contributed by atoms with Crippen LogP contribution in [0.4, 0.5) is 0 Å². The van der Waals surface area contributed by atoms with Crippen molar-refractivity contribution in [2.75, 3.05) is 6.54 Å². The average Bonchev–Trinajstić information content (AvgIpc) is 2.96. The lowest BCUT2D eigenvalue weighted by Gasteiger charge is -2.25. The van der Waals surface area contributed by atoms with Gasteiger partial charge in [0.1, 0.15) is 0 Å². The van der Waals surface area contributed by atoms with Crippen LogP contribution in [0, 0.1) is 11.3 Å². The van der Waals surface area contributed by atoms with Gasteiger partial charge >= 0.3 is 0 Å². The van der Waals surface area contributed by atoms with Crippen LogP contribution in [0.5, 0.6) is 0 Å². The van der Waals surface area contributed by atoms with Crippen LogP contribution in [0.15, 0.2) is 54.6 Å². The minimum absolute atomic E-state index is 0.0167. The highest BCUT2D eigenvalue weighted by Gasteiger charge is 2.34. The molecule has 0 N–H and O–H groups in total. The van der Waals surface area contributed by atoms with E-state index < -0.39 is 0 Å². The molecule has 2 aromatic carbocycles. The quantitative estimate of drug-likeness (QED) is 0.848. The van der Waals surface area contributed by atoms with E-state index in [4.69, 9.17) is 5.26 Å². The Morgan fingerprint density at radius 1 is 1.18 bits per heavy atom. The fourth-order valence-corrected chi connectivity index (χ4v) is 3.26. The van der Waals surface area contributed by atoms with Crippen LogP contribution in [0.3, 0.4) is 0 Å². The van der Waals surface area contributed by atoms with Gasteiger partial charge < -0.3 is 4.90 Å². The lowest BCUT2D eigenvalue weighted by atomic mass is 9.93. The van der Waals surface area contributed by atoms with Crippen LogP contribution in [0.1, 0.15) is 40.7 Å². The van der Waals surface area contributed by atoms with Crippen LogP contribution < -0.4 is 0 Å². The Balaban J connectivity index is 1.81.